The molecule has 1 aromatic carbocycles. The summed E-state index contributed by atoms with van der Waals surface area (Å²) >= 11 is 0. The van der Waals surface area contributed by atoms with Crippen LogP contribution in [0.1, 0.15) is 5.56 Å². The molecule has 1 rings (SSSR count). The Morgan fingerprint density at radius 1 is 1.33 bits per heavy atom. The fourth-order valence-electron chi connectivity index (χ4n) is 1.03. The molecule has 1 atom stereocenters. The maximum absolute atomic E-state index is 12.8. The van der Waals surface area contributed by atoms with Crippen molar-refractivity contribution in [3.8, 4) is 5.75 Å². The molecule has 4 nitrogen and oxygen atoms in total. The molecule has 0 radical (unpaired) electrons. The number of benzene rings is 1. The van der Waals surface area contributed by atoms with Crippen molar-refractivity contribution in [1.82, 2.24) is 0 Å². The minimum absolute atomic E-state index is 0.146. The van der Waals surface area contributed by atoms with Gasteiger partial charge in [0.2, 0.25) is 0 Å². The van der Waals surface area contributed by atoms with Gasteiger partial charge >= 0.3 is 0 Å². The van der Waals surface area contributed by atoms with Crippen LogP contribution in [-0.4, -0.2) is 34.6 Å². The fourth-order valence-corrected chi connectivity index (χ4v) is 1.03. The zero-order chi connectivity index (χ0) is 11.3. The molecule has 0 bridgehead atoms. The molecule has 0 aromatic heterocycles. The predicted molar refractivity (Wildman–Crippen MR) is 50.9 cm³/mol. The second-order valence-corrected chi connectivity index (χ2v) is 3.06. The lowest BCUT2D eigenvalue weighted by molar-refractivity contribution is 0.0527. The van der Waals surface area contributed by atoms with Crippen molar-refractivity contribution in [3.05, 3.63) is 29.6 Å². The van der Waals surface area contributed by atoms with E-state index in [9.17, 15) is 4.39 Å². The number of hydrogen-bond acceptors (Lipinski definition) is 4. The molecule has 0 aliphatic rings. The highest BCUT2D eigenvalue weighted by molar-refractivity contribution is 5.33. The molecule has 5 heteroatoms. The summed E-state index contributed by atoms with van der Waals surface area (Å²) < 4.78 is 17.9. The minimum atomic E-state index is -1.01. The zero-order valence-corrected chi connectivity index (χ0v) is 8.06. The standard InChI is InChI=1S/C10H13FO4/c11-8-2-1-7(4-12)10(3-8)15-6-9(14)5-13/h1-3,9,12-14H,4-6H2. The minimum Gasteiger partial charge on any atom is -0.490 e. The Balaban J connectivity index is 2.69. The van der Waals surface area contributed by atoms with Crippen LogP contribution in [0.2, 0.25) is 0 Å². The largest absolute Gasteiger partial charge is 0.490 e. The smallest absolute Gasteiger partial charge is 0.127 e. The van der Waals surface area contributed by atoms with Crippen LogP contribution in [0.4, 0.5) is 4.39 Å². The van der Waals surface area contributed by atoms with Crippen molar-refractivity contribution in [3.63, 3.8) is 0 Å². The highest BCUT2D eigenvalue weighted by atomic mass is 19.1. The molecule has 0 fully saturated rings. The van der Waals surface area contributed by atoms with Crippen molar-refractivity contribution >= 4 is 0 Å². The summed E-state index contributed by atoms with van der Waals surface area (Å²) in [5, 5.41) is 26.5. The first-order valence-corrected chi connectivity index (χ1v) is 4.48. The average Bonchev–Trinajstić information content (AvgIpc) is 2.26. The Morgan fingerprint density at radius 3 is 2.67 bits per heavy atom. The van der Waals surface area contributed by atoms with Crippen LogP contribution in [-0.2, 0) is 6.61 Å². The second-order valence-electron chi connectivity index (χ2n) is 3.06. The normalized spacial score (nSPS) is 12.5. The summed E-state index contributed by atoms with van der Waals surface area (Å²) in [6.45, 7) is -0.846. The van der Waals surface area contributed by atoms with Crippen LogP contribution in [0.5, 0.6) is 5.75 Å². The van der Waals surface area contributed by atoms with Gasteiger partial charge in [-0.1, -0.05) is 6.07 Å². The van der Waals surface area contributed by atoms with E-state index in [1.54, 1.807) is 0 Å². The first-order chi connectivity index (χ1) is 7.17. The maximum atomic E-state index is 12.8. The highest BCUT2D eigenvalue weighted by Gasteiger charge is 2.07. The van der Waals surface area contributed by atoms with Crippen LogP contribution in [0.15, 0.2) is 18.2 Å². The highest BCUT2D eigenvalue weighted by Crippen LogP contribution is 2.19. The molecule has 84 valence electrons. The monoisotopic (exact) mass is 216 g/mol. The Kier molecular flexibility index (Phi) is 4.48. The summed E-state index contributed by atoms with van der Waals surface area (Å²) in [5.74, 6) is -0.314. The van der Waals surface area contributed by atoms with E-state index in [1.165, 1.54) is 12.1 Å². The van der Waals surface area contributed by atoms with E-state index >= 15 is 0 Å². The Labute approximate surface area is 86.6 Å². The van der Waals surface area contributed by atoms with E-state index in [2.05, 4.69) is 0 Å². The summed E-state index contributed by atoms with van der Waals surface area (Å²) in [5.41, 5.74) is 0.432. The van der Waals surface area contributed by atoms with Crippen LogP contribution in [0, 0.1) is 5.82 Å². The third-order valence-electron chi connectivity index (χ3n) is 1.84. The SMILES string of the molecule is OCc1ccc(F)cc1OCC(O)CO. The van der Waals surface area contributed by atoms with Gasteiger partial charge in [-0.05, 0) is 6.07 Å². The van der Waals surface area contributed by atoms with Gasteiger partial charge < -0.3 is 20.1 Å². The first-order valence-electron chi connectivity index (χ1n) is 4.48. The molecule has 15 heavy (non-hydrogen) atoms. The van der Waals surface area contributed by atoms with Gasteiger partial charge in [0.15, 0.2) is 0 Å². The van der Waals surface area contributed by atoms with Crippen molar-refractivity contribution in [1.29, 1.82) is 0 Å². The van der Waals surface area contributed by atoms with Gasteiger partial charge in [0.25, 0.3) is 0 Å². The predicted octanol–water partition coefficient (Wildman–Crippen LogP) is 0.0500. The number of hydrogen-bond donors (Lipinski definition) is 3. The molecule has 0 amide bonds. The first kappa shape index (κ1) is 11.9. The molecule has 1 unspecified atom stereocenters. The van der Waals surface area contributed by atoms with Crippen LogP contribution in [0.25, 0.3) is 0 Å². The van der Waals surface area contributed by atoms with Crippen LogP contribution in [0.3, 0.4) is 0 Å². The molecule has 0 aliphatic heterocycles. The number of halogens is 1. The van der Waals surface area contributed by atoms with Crippen molar-refractivity contribution in [2.24, 2.45) is 0 Å². The maximum Gasteiger partial charge on any atom is 0.127 e. The molecule has 0 saturated heterocycles. The van der Waals surface area contributed by atoms with Gasteiger partial charge in [0, 0.05) is 11.6 Å². The van der Waals surface area contributed by atoms with E-state index in [1.807, 2.05) is 0 Å². The third-order valence-corrected chi connectivity index (χ3v) is 1.84. The van der Waals surface area contributed by atoms with E-state index in [0.29, 0.717) is 5.56 Å². The van der Waals surface area contributed by atoms with Gasteiger partial charge in [-0.25, -0.2) is 4.39 Å². The van der Waals surface area contributed by atoms with Crippen molar-refractivity contribution in [2.75, 3.05) is 13.2 Å². The lowest BCUT2D eigenvalue weighted by atomic mass is 10.2. The molecule has 0 spiro atoms. The van der Waals surface area contributed by atoms with E-state index in [4.69, 9.17) is 20.1 Å². The lowest BCUT2D eigenvalue weighted by Crippen LogP contribution is -2.21. The molecule has 0 heterocycles. The third kappa shape index (κ3) is 3.47. The van der Waals surface area contributed by atoms with Gasteiger partial charge in [-0.3, -0.25) is 0 Å². The summed E-state index contributed by atoms with van der Waals surface area (Å²) in [6.07, 6.45) is -1.01. The van der Waals surface area contributed by atoms with Crippen LogP contribution >= 0.6 is 0 Å². The molecular formula is C10H13FO4. The van der Waals surface area contributed by atoms with E-state index in [0.717, 1.165) is 6.07 Å². The number of ether oxygens (including phenoxy) is 1. The Bertz CT molecular complexity index is 316. The Hall–Kier alpha value is -1.17. The number of aliphatic hydroxyl groups is 3. The van der Waals surface area contributed by atoms with Crippen molar-refractivity contribution < 1.29 is 24.4 Å². The van der Waals surface area contributed by atoms with E-state index < -0.39 is 18.5 Å². The second kappa shape index (κ2) is 5.65. The van der Waals surface area contributed by atoms with Gasteiger partial charge in [-0.15, -0.1) is 0 Å². The Morgan fingerprint density at radius 2 is 2.07 bits per heavy atom. The molecule has 1 aromatic rings. The summed E-state index contributed by atoms with van der Waals surface area (Å²) in [7, 11) is 0. The lowest BCUT2D eigenvalue weighted by Gasteiger charge is -2.12. The fraction of sp³-hybridized carbons (Fsp3) is 0.400. The number of aliphatic hydroxyl groups excluding tert-OH is 3. The zero-order valence-electron chi connectivity index (χ0n) is 8.06. The topological polar surface area (TPSA) is 69.9 Å². The van der Waals surface area contributed by atoms with Crippen LogP contribution < -0.4 is 4.74 Å². The molecular weight excluding hydrogens is 203 g/mol. The van der Waals surface area contributed by atoms with E-state index in [-0.39, 0.29) is 19.0 Å². The molecule has 0 saturated carbocycles. The summed E-state index contributed by atoms with van der Waals surface area (Å²) in [6, 6.07) is 3.73. The van der Waals surface area contributed by atoms with Gasteiger partial charge in [-0.2, -0.15) is 0 Å². The average molecular weight is 216 g/mol. The molecule has 0 aliphatic carbocycles. The quantitative estimate of drug-likeness (QED) is 0.650. The molecule has 3 N–H and O–H groups in total. The van der Waals surface area contributed by atoms with Gasteiger partial charge in [0.05, 0.1) is 13.2 Å². The van der Waals surface area contributed by atoms with Gasteiger partial charge in [0.1, 0.15) is 24.3 Å². The number of rotatable bonds is 5. The van der Waals surface area contributed by atoms with Crippen molar-refractivity contribution in [2.45, 2.75) is 12.7 Å². The summed E-state index contributed by atoms with van der Waals surface area (Å²) in [4.78, 5) is 0.